The first-order valence-corrected chi connectivity index (χ1v) is 8.98. The van der Waals surface area contributed by atoms with Gasteiger partial charge in [0.15, 0.2) is 5.13 Å². The van der Waals surface area contributed by atoms with Gasteiger partial charge in [-0.25, -0.2) is 4.98 Å². The number of benzene rings is 2. The Morgan fingerprint density at radius 1 is 1.23 bits per heavy atom. The molecule has 0 fully saturated rings. The molecule has 22 heavy (non-hydrogen) atoms. The van der Waals surface area contributed by atoms with Crippen molar-refractivity contribution in [2.24, 2.45) is 0 Å². The van der Waals surface area contributed by atoms with E-state index in [-0.39, 0.29) is 5.91 Å². The van der Waals surface area contributed by atoms with E-state index in [1.54, 1.807) is 11.8 Å². The smallest absolute Gasteiger partial charge is 0.230 e. The van der Waals surface area contributed by atoms with E-state index in [0.29, 0.717) is 11.6 Å². The second kappa shape index (κ2) is 6.50. The van der Waals surface area contributed by atoms with Crippen molar-refractivity contribution in [2.75, 3.05) is 11.6 Å². The molecule has 0 unspecified atom stereocenters. The van der Waals surface area contributed by atoms with Crippen LogP contribution in [0.5, 0.6) is 0 Å². The number of anilines is 1. The maximum absolute atomic E-state index is 12.1. The predicted molar refractivity (Wildman–Crippen MR) is 94.9 cm³/mol. The third-order valence-electron chi connectivity index (χ3n) is 3.33. The van der Waals surface area contributed by atoms with Crippen LogP contribution in [0.3, 0.4) is 0 Å². The minimum Gasteiger partial charge on any atom is -0.302 e. The average Bonchev–Trinajstić information content (AvgIpc) is 2.90. The topological polar surface area (TPSA) is 42.0 Å². The molecule has 5 heteroatoms. The van der Waals surface area contributed by atoms with Gasteiger partial charge in [0.1, 0.15) is 0 Å². The average molecular weight is 328 g/mol. The number of amides is 1. The van der Waals surface area contributed by atoms with Crippen molar-refractivity contribution in [1.29, 1.82) is 0 Å². The number of carbonyl (C=O) groups is 1. The van der Waals surface area contributed by atoms with Gasteiger partial charge in [-0.2, -0.15) is 0 Å². The summed E-state index contributed by atoms with van der Waals surface area (Å²) in [4.78, 5) is 17.8. The molecule has 0 bridgehead atoms. The fourth-order valence-electron chi connectivity index (χ4n) is 2.14. The van der Waals surface area contributed by atoms with Crippen LogP contribution in [0.2, 0.25) is 0 Å². The summed E-state index contributed by atoms with van der Waals surface area (Å²) in [6.45, 7) is 2.04. The van der Waals surface area contributed by atoms with E-state index in [9.17, 15) is 4.79 Å². The van der Waals surface area contributed by atoms with Gasteiger partial charge in [0, 0.05) is 4.90 Å². The second-order valence-electron chi connectivity index (χ2n) is 5.06. The second-order valence-corrected chi connectivity index (χ2v) is 6.97. The molecule has 1 N–H and O–H groups in total. The number of rotatable bonds is 4. The summed E-state index contributed by atoms with van der Waals surface area (Å²) in [5.41, 5.74) is 3.13. The summed E-state index contributed by atoms with van der Waals surface area (Å²) in [7, 11) is 0. The van der Waals surface area contributed by atoms with Crippen LogP contribution < -0.4 is 5.32 Å². The summed E-state index contributed by atoms with van der Waals surface area (Å²) in [5, 5.41) is 3.55. The molecule has 3 aromatic rings. The molecule has 0 saturated heterocycles. The molecule has 0 aliphatic rings. The first-order valence-electron chi connectivity index (χ1n) is 6.94. The quantitative estimate of drug-likeness (QED) is 0.717. The lowest BCUT2D eigenvalue weighted by Crippen LogP contribution is -2.14. The zero-order valence-corrected chi connectivity index (χ0v) is 14.1. The largest absolute Gasteiger partial charge is 0.302 e. The highest BCUT2D eigenvalue weighted by molar-refractivity contribution is 7.98. The number of thiazole rings is 1. The lowest BCUT2D eigenvalue weighted by molar-refractivity contribution is -0.115. The Morgan fingerprint density at radius 3 is 2.73 bits per heavy atom. The highest BCUT2D eigenvalue weighted by atomic mass is 32.2. The van der Waals surface area contributed by atoms with E-state index < -0.39 is 0 Å². The van der Waals surface area contributed by atoms with Gasteiger partial charge in [-0.1, -0.05) is 41.2 Å². The van der Waals surface area contributed by atoms with Gasteiger partial charge in [-0.15, -0.1) is 11.8 Å². The molecule has 0 aliphatic heterocycles. The number of hydrogen-bond donors (Lipinski definition) is 1. The molecule has 3 nitrogen and oxygen atoms in total. The van der Waals surface area contributed by atoms with Crippen molar-refractivity contribution in [3.63, 3.8) is 0 Å². The number of thioether (sulfide) groups is 1. The van der Waals surface area contributed by atoms with Crippen LogP contribution in [0, 0.1) is 6.92 Å². The summed E-state index contributed by atoms with van der Waals surface area (Å²) >= 11 is 3.21. The fourth-order valence-corrected chi connectivity index (χ4v) is 3.58. The van der Waals surface area contributed by atoms with E-state index in [4.69, 9.17) is 0 Å². The predicted octanol–water partition coefficient (Wildman–Crippen LogP) is 4.51. The van der Waals surface area contributed by atoms with E-state index in [0.717, 1.165) is 15.8 Å². The summed E-state index contributed by atoms with van der Waals surface area (Å²) in [5.74, 6) is -0.0343. The number of aromatic nitrogens is 1. The molecular weight excluding hydrogens is 312 g/mol. The highest BCUT2D eigenvalue weighted by Gasteiger charge is 2.09. The third-order valence-corrected chi connectivity index (χ3v) is 4.99. The molecule has 2 aromatic carbocycles. The van der Waals surface area contributed by atoms with Crippen LogP contribution in [-0.4, -0.2) is 17.1 Å². The monoisotopic (exact) mass is 328 g/mol. The molecule has 0 atom stereocenters. The number of aryl methyl sites for hydroxylation is 1. The molecule has 112 valence electrons. The molecule has 1 aromatic heterocycles. The highest BCUT2D eigenvalue weighted by Crippen LogP contribution is 2.29. The van der Waals surface area contributed by atoms with E-state index >= 15 is 0 Å². The molecule has 1 heterocycles. The molecule has 0 aliphatic carbocycles. The van der Waals surface area contributed by atoms with Crippen LogP contribution in [0.4, 0.5) is 5.13 Å². The third kappa shape index (κ3) is 3.48. The Labute approximate surface area is 137 Å². The zero-order chi connectivity index (χ0) is 15.5. The Bertz CT molecular complexity index is 809. The minimum atomic E-state index is -0.0343. The number of fused-ring (bicyclic) bond motifs is 1. The van der Waals surface area contributed by atoms with Gasteiger partial charge in [-0.05, 0) is 36.9 Å². The molecule has 1 amide bonds. The van der Waals surface area contributed by atoms with Crippen molar-refractivity contribution >= 4 is 44.4 Å². The maximum atomic E-state index is 12.1. The van der Waals surface area contributed by atoms with Gasteiger partial charge in [0.2, 0.25) is 5.91 Å². The van der Waals surface area contributed by atoms with Crippen molar-refractivity contribution in [1.82, 2.24) is 4.98 Å². The molecule has 0 saturated carbocycles. The number of hydrogen-bond acceptors (Lipinski definition) is 4. The van der Waals surface area contributed by atoms with Crippen molar-refractivity contribution in [3.8, 4) is 0 Å². The van der Waals surface area contributed by atoms with Gasteiger partial charge in [-0.3, -0.25) is 4.79 Å². The molecular formula is C17H16N2OS2. The normalized spacial score (nSPS) is 10.8. The Hall–Kier alpha value is -1.85. The number of nitrogens with one attached hydrogen (secondary N) is 1. The van der Waals surface area contributed by atoms with Gasteiger partial charge < -0.3 is 5.32 Å². The van der Waals surface area contributed by atoms with E-state index in [1.165, 1.54) is 21.8 Å². The van der Waals surface area contributed by atoms with Crippen molar-refractivity contribution < 1.29 is 4.79 Å². The van der Waals surface area contributed by atoms with Crippen LogP contribution in [-0.2, 0) is 11.2 Å². The van der Waals surface area contributed by atoms with Gasteiger partial charge in [0.25, 0.3) is 0 Å². The van der Waals surface area contributed by atoms with E-state index in [1.807, 2.05) is 49.6 Å². The standard InChI is InChI=1S/C17H16N2OS2/c1-11-3-5-12(6-4-11)9-16(20)19-17-18-14-8-7-13(21-2)10-15(14)22-17/h3-8,10H,9H2,1-2H3,(H,18,19,20). The number of nitrogens with zero attached hydrogens (tertiary/aromatic N) is 1. The maximum Gasteiger partial charge on any atom is 0.230 e. The minimum absolute atomic E-state index is 0.0343. The fraction of sp³-hybridized carbons (Fsp3) is 0.176. The Balaban J connectivity index is 1.72. The lowest BCUT2D eigenvalue weighted by Gasteiger charge is -2.02. The van der Waals surface area contributed by atoms with Crippen LogP contribution in [0.1, 0.15) is 11.1 Å². The van der Waals surface area contributed by atoms with E-state index in [2.05, 4.69) is 16.4 Å². The first kappa shape index (κ1) is 15.1. The van der Waals surface area contributed by atoms with Crippen molar-refractivity contribution in [2.45, 2.75) is 18.2 Å². The summed E-state index contributed by atoms with van der Waals surface area (Å²) in [6, 6.07) is 14.1. The van der Waals surface area contributed by atoms with Crippen molar-refractivity contribution in [3.05, 3.63) is 53.6 Å². The number of carbonyl (C=O) groups excluding carboxylic acids is 1. The first-order chi connectivity index (χ1) is 10.6. The Morgan fingerprint density at radius 2 is 2.00 bits per heavy atom. The van der Waals surface area contributed by atoms with Crippen LogP contribution >= 0.6 is 23.1 Å². The molecule has 0 spiro atoms. The van der Waals surface area contributed by atoms with Gasteiger partial charge >= 0.3 is 0 Å². The summed E-state index contributed by atoms with van der Waals surface area (Å²) in [6.07, 6.45) is 2.42. The summed E-state index contributed by atoms with van der Waals surface area (Å²) < 4.78 is 1.09. The zero-order valence-electron chi connectivity index (χ0n) is 12.4. The molecule has 0 radical (unpaired) electrons. The van der Waals surface area contributed by atoms with Gasteiger partial charge in [0.05, 0.1) is 16.6 Å². The SMILES string of the molecule is CSc1ccc2nc(NC(=O)Cc3ccc(C)cc3)sc2c1. The lowest BCUT2D eigenvalue weighted by atomic mass is 10.1. The Kier molecular flexibility index (Phi) is 4.45. The van der Waals surface area contributed by atoms with Crippen LogP contribution in [0.25, 0.3) is 10.2 Å². The molecule has 3 rings (SSSR count). The van der Waals surface area contributed by atoms with Crippen LogP contribution in [0.15, 0.2) is 47.4 Å².